The van der Waals surface area contributed by atoms with E-state index in [0.29, 0.717) is 0 Å². The van der Waals surface area contributed by atoms with Gasteiger partial charge in [0.15, 0.2) is 0 Å². The van der Waals surface area contributed by atoms with Crippen LogP contribution in [0.2, 0.25) is 0 Å². The van der Waals surface area contributed by atoms with Crippen molar-refractivity contribution >= 4 is 98.1 Å². The minimum atomic E-state index is -5.17. The average Bonchev–Trinajstić information content (AvgIpc) is 1.79. The molecule has 0 aromatic heterocycles. The first kappa shape index (κ1) is 57.6. The van der Waals surface area contributed by atoms with Crippen molar-refractivity contribution in [3.05, 3.63) is 0 Å². The summed E-state index contributed by atoms with van der Waals surface area (Å²) in [4.78, 5) is 0. The van der Waals surface area contributed by atoms with Crippen LogP contribution >= 0.6 is 0 Å². The zero-order valence-corrected chi connectivity index (χ0v) is 21.4. The second-order valence-corrected chi connectivity index (χ2v) is 6.12. The molecule has 0 aliphatic carbocycles. The van der Waals surface area contributed by atoms with Gasteiger partial charge in [0, 0.05) is 52.0 Å². The summed E-state index contributed by atoms with van der Waals surface area (Å²) in [5.74, 6) is 0. The molecule has 29 heteroatoms. The van der Waals surface area contributed by atoms with E-state index >= 15 is 0 Å². The molecule has 0 spiro atoms. The molecule has 0 aromatic carbocycles. The van der Waals surface area contributed by atoms with Crippen molar-refractivity contribution < 1.29 is 122 Å². The predicted octanol–water partition coefficient (Wildman–Crippen LogP) is -7.46. The van der Waals surface area contributed by atoms with Gasteiger partial charge in [0.05, 0.1) is 0 Å². The van der Waals surface area contributed by atoms with Crippen molar-refractivity contribution in [1.29, 1.82) is 0 Å². The monoisotopic (exact) mass is 640 g/mol. The standard InChI is InChI=1S/2Fe.2Mg.5H2O4S/c;;;;5*1-5(2,3)4/h;;;;5*(H2,1,2,3,4)/q2*+3;2*+2;;;;;/p-10. The Kier molecular flexibility index (Phi) is 48.8. The maximum absolute atomic E-state index is 8.52. The van der Waals surface area contributed by atoms with E-state index in [1.165, 1.54) is 0 Å². The van der Waals surface area contributed by atoms with Gasteiger partial charge in [0.2, 0.25) is 0 Å². The van der Waals surface area contributed by atoms with Gasteiger partial charge in [-0.15, -0.1) is 0 Å². The molecule has 0 aliphatic rings. The molecule has 0 bridgehead atoms. The van der Waals surface area contributed by atoms with Crippen molar-refractivity contribution in [2.24, 2.45) is 0 Å². The Labute approximate surface area is 217 Å². The Morgan fingerprint density at radius 2 is 0.276 bits per heavy atom. The summed E-state index contributed by atoms with van der Waals surface area (Å²) in [7, 11) is -25.8. The second-order valence-electron chi connectivity index (χ2n) is 2.04. The van der Waals surface area contributed by atoms with Crippen molar-refractivity contribution in [3.63, 3.8) is 0 Å². The fourth-order valence-electron chi connectivity index (χ4n) is 0. The first-order chi connectivity index (χ1) is 10.0. The van der Waals surface area contributed by atoms with Gasteiger partial charge in [-0.3, -0.25) is 42.1 Å². The number of rotatable bonds is 0. The van der Waals surface area contributed by atoms with E-state index in [-0.39, 0.29) is 80.2 Å². The van der Waals surface area contributed by atoms with Crippen LogP contribution in [0.1, 0.15) is 0 Å². The van der Waals surface area contributed by atoms with E-state index in [1.807, 2.05) is 0 Å². The van der Waals surface area contributed by atoms with E-state index in [0.717, 1.165) is 0 Å². The van der Waals surface area contributed by atoms with Crippen molar-refractivity contribution in [2.45, 2.75) is 0 Å². The van der Waals surface area contributed by atoms with Crippen molar-refractivity contribution in [1.82, 2.24) is 0 Å². The Morgan fingerprint density at radius 3 is 0.276 bits per heavy atom. The number of hydrogen-bond donors (Lipinski definition) is 0. The van der Waals surface area contributed by atoms with Gasteiger partial charge < -0.3 is 45.5 Å². The fourth-order valence-corrected chi connectivity index (χ4v) is 0. The first-order valence-corrected chi connectivity index (χ1v) is 10.0. The molecular weight excluding hydrogens is 641 g/mol. The normalized spacial score (nSPS) is 10.0. The van der Waals surface area contributed by atoms with Gasteiger partial charge in [0.25, 0.3) is 0 Å². The van der Waals surface area contributed by atoms with Crippen LogP contribution in [-0.4, -0.2) is 134 Å². The molecule has 0 saturated heterocycles. The molecule has 20 nitrogen and oxygen atoms in total. The zero-order chi connectivity index (χ0) is 22.5. The summed E-state index contributed by atoms with van der Waals surface area (Å²) in [6.45, 7) is 0. The molecule has 0 atom stereocenters. The van der Waals surface area contributed by atoms with Crippen LogP contribution in [0.4, 0.5) is 0 Å². The summed E-state index contributed by atoms with van der Waals surface area (Å²) in [6, 6.07) is 0. The molecule has 0 unspecified atom stereocenters. The van der Waals surface area contributed by atoms with Crippen molar-refractivity contribution in [3.8, 4) is 0 Å². The zero-order valence-electron chi connectivity index (χ0n) is 12.3. The molecule has 170 valence electrons. The van der Waals surface area contributed by atoms with Crippen LogP contribution in [0.15, 0.2) is 0 Å². The van der Waals surface area contributed by atoms with Gasteiger partial charge in [0.1, 0.15) is 0 Å². The van der Waals surface area contributed by atoms with Crippen LogP contribution in [0.3, 0.4) is 0 Å². The van der Waals surface area contributed by atoms with Crippen LogP contribution in [0.5, 0.6) is 0 Å². The Morgan fingerprint density at radius 1 is 0.276 bits per heavy atom. The molecule has 0 rings (SSSR count). The van der Waals surface area contributed by atoms with Gasteiger partial charge in [-0.2, -0.15) is 0 Å². The predicted molar refractivity (Wildman–Crippen MR) is 63.9 cm³/mol. The van der Waals surface area contributed by atoms with Gasteiger partial charge in [-0.1, -0.05) is 0 Å². The summed E-state index contributed by atoms with van der Waals surface area (Å²) < 4.78 is 170. The van der Waals surface area contributed by atoms with Crippen LogP contribution in [0, 0.1) is 0 Å². The first-order valence-electron chi connectivity index (χ1n) is 3.33. The fraction of sp³-hybridized carbons (Fsp3) is 0. The topological polar surface area (TPSA) is 401 Å². The molecule has 0 aromatic rings. The largest absolute Gasteiger partial charge is 3.00 e. The van der Waals surface area contributed by atoms with Crippen LogP contribution < -0.4 is 0 Å². The summed E-state index contributed by atoms with van der Waals surface area (Å²) in [5.41, 5.74) is 0. The van der Waals surface area contributed by atoms with E-state index in [9.17, 15) is 0 Å². The molecule has 0 fully saturated rings. The van der Waals surface area contributed by atoms with Crippen molar-refractivity contribution in [2.75, 3.05) is 0 Å². The third kappa shape index (κ3) is 6320. The quantitative estimate of drug-likeness (QED) is 0.135. The maximum atomic E-state index is 8.52. The Bertz CT molecular complexity index is 629. The van der Waals surface area contributed by atoms with Crippen LogP contribution in [-0.2, 0) is 86.1 Å². The summed E-state index contributed by atoms with van der Waals surface area (Å²) in [6.07, 6.45) is 0. The number of hydrogen-bond acceptors (Lipinski definition) is 20. The van der Waals surface area contributed by atoms with E-state index in [4.69, 9.17) is 87.6 Å². The minimum absolute atomic E-state index is 0. The van der Waals surface area contributed by atoms with E-state index in [2.05, 4.69) is 0 Å². The molecule has 2 radical (unpaired) electrons. The molecule has 0 heterocycles. The molecule has 0 N–H and O–H groups in total. The maximum Gasteiger partial charge on any atom is 3.00 e. The Balaban J connectivity index is -0.0000000238. The average molecular weight is 641 g/mol. The smallest absolute Gasteiger partial charge is 0.759 e. The SMILES string of the molecule is O=S(=O)([O-])[O-].O=S(=O)([O-])[O-].O=S(=O)([O-])[O-].O=S(=O)([O-])[O-].O=S(=O)([O-])[O-].[Fe+3].[Fe+3].[Mg+2].[Mg+2]. The van der Waals surface area contributed by atoms with Gasteiger partial charge in [-0.25, -0.2) is 0 Å². The van der Waals surface area contributed by atoms with Gasteiger partial charge >= 0.3 is 80.2 Å². The van der Waals surface area contributed by atoms with E-state index < -0.39 is 52.0 Å². The molecule has 0 aliphatic heterocycles. The Hall–Kier alpha value is 1.92. The van der Waals surface area contributed by atoms with Crippen LogP contribution in [0.25, 0.3) is 0 Å². The summed E-state index contributed by atoms with van der Waals surface area (Å²) >= 11 is 0. The van der Waals surface area contributed by atoms with Gasteiger partial charge in [-0.05, 0) is 0 Å². The molecule has 0 amide bonds. The third-order valence-corrected chi connectivity index (χ3v) is 0. The molecular formula is Fe2Mg2O20S5. The minimum Gasteiger partial charge on any atom is -0.759 e. The third-order valence-electron chi connectivity index (χ3n) is 0. The second kappa shape index (κ2) is 24.6. The molecule has 29 heavy (non-hydrogen) atoms. The molecule has 0 saturated carbocycles. The van der Waals surface area contributed by atoms with E-state index in [1.54, 1.807) is 0 Å². The summed E-state index contributed by atoms with van der Waals surface area (Å²) in [5, 5.41) is 0.